The molecule has 0 bridgehead atoms. The van der Waals surface area contributed by atoms with Crippen molar-refractivity contribution in [1.82, 2.24) is 26.4 Å². The van der Waals surface area contributed by atoms with Crippen LogP contribution < -0.4 is 21.3 Å². The van der Waals surface area contributed by atoms with E-state index in [9.17, 15) is 24.0 Å². The van der Waals surface area contributed by atoms with Crippen LogP contribution in [0.25, 0.3) is 0 Å². The number of carbonyl (C=O) groups is 1. The highest BCUT2D eigenvalue weighted by molar-refractivity contribution is 5.92. The van der Waals surface area contributed by atoms with Gasteiger partial charge in [-0.15, -0.1) is 0 Å². The molecule has 0 spiro atoms. The number of rotatable bonds is 14. The molecule has 2 aliphatic rings. The van der Waals surface area contributed by atoms with Gasteiger partial charge in [0.05, 0.1) is 23.8 Å². The third-order valence-corrected chi connectivity index (χ3v) is 7.79. The van der Waals surface area contributed by atoms with E-state index in [0.29, 0.717) is 43.2 Å². The molecule has 11 nitrogen and oxygen atoms in total. The Hall–Kier alpha value is -4.12. The summed E-state index contributed by atoms with van der Waals surface area (Å²) >= 11 is 0. The highest BCUT2D eigenvalue weighted by Crippen LogP contribution is 2.29. The van der Waals surface area contributed by atoms with Gasteiger partial charge in [-0.1, -0.05) is 51.1 Å². The molecule has 0 aromatic carbocycles. The SMILES string of the molecule is Cc1cc(C(=O)N[C@H](C(=C=O)N[C@@H](CC2CCCCC2)C(=C=O)N[C@H](C=C=O)C[C@@H]2CCNC2=C=O)C(C)C)no1. The summed E-state index contributed by atoms with van der Waals surface area (Å²) in [5.41, 5.74) is 0.746. The maximum Gasteiger partial charge on any atom is 0.274 e. The van der Waals surface area contributed by atoms with Crippen LogP contribution in [0.1, 0.15) is 81.5 Å². The number of amides is 1. The van der Waals surface area contributed by atoms with Crippen molar-refractivity contribution in [3.8, 4) is 0 Å². The predicted octanol–water partition coefficient (Wildman–Crippen LogP) is 2.16. The van der Waals surface area contributed by atoms with Crippen molar-refractivity contribution in [2.75, 3.05) is 6.54 Å². The van der Waals surface area contributed by atoms with Crippen LogP contribution in [0.4, 0.5) is 0 Å². The third-order valence-electron chi connectivity index (χ3n) is 7.79. The van der Waals surface area contributed by atoms with Crippen LogP contribution in [0.15, 0.2) is 33.8 Å². The maximum absolute atomic E-state index is 12.9. The average Bonchev–Trinajstić information content (AvgIpc) is 3.61. The lowest BCUT2D eigenvalue weighted by molar-refractivity contribution is 0.0923. The van der Waals surface area contributed by atoms with Crippen molar-refractivity contribution < 1.29 is 28.5 Å². The molecular weight excluding hydrogens is 526 g/mol. The molecule has 1 aliphatic heterocycles. The topological polar surface area (TPSA) is 160 Å². The molecule has 1 aromatic rings. The van der Waals surface area contributed by atoms with Crippen molar-refractivity contribution in [2.45, 2.75) is 90.3 Å². The molecule has 1 saturated heterocycles. The van der Waals surface area contributed by atoms with Gasteiger partial charge in [0.15, 0.2) is 5.69 Å². The Bertz CT molecular complexity index is 1260. The molecule has 4 atom stereocenters. The number of aromatic nitrogens is 1. The number of carbonyl (C=O) groups excluding carboxylic acids is 5. The molecule has 2 heterocycles. The largest absolute Gasteiger partial charge is 0.379 e. The number of nitrogens with one attached hydrogen (secondary N) is 4. The van der Waals surface area contributed by atoms with Crippen molar-refractivity contribution >= 4 is 29.7 Å². The van der Waals surface area contributed by atoms with Crippen LogP contribution in [-0.4, -0.2) is 59.5 Å². The summed E-state index contributed by atoms with van der Waals surface area (Å²) in [7, 11) is 0. The Kier molecular flexibility index (Phi) is 12.0. The van der Waals surface area contributed by atoms with Crippen molar-refractivity contribution in [1.29, 1.82) is 0 Å². The zero-order valence-electron chi connectivity index (χ0n) is 23.9. The fourth-order valence-electron chi connectivity index (χ4n) is 5.62. The number of hydrogen-bond acceptors (Lipinski definition) is 10. The van der Waals surface area contributed by atoms with Gasteiger partial charge in [0.25, 0.3) is 5.91 Å². The highest BCUT2D eigenvalue weighted by atomic mass is 16.5. The van der Waals surface area contributed by atoms with Gasteiger partial charge < -0.3 is 25.8 Å². The number of allylic oxidation sites excluding steroid dienone is 1. The van der Waals surface area contributed by atoms with E-state index in [0.717, 1.165) is 32.1 Å². The minimum absolute atomic E-state index is 0.0811. The first-order valence-electron chi connectivity index (χ1n) is 14.3. The summed E-state index contributed by atoms with van der Waals surface area (Å²) in [6.07, 6.45) is 8.16. The average molecular weight is 566 g/mol. The lowest BCUT2D eigenvalue weighted by Gasteiger charge is -2.32. The second-order valence-corrected chi connectivity index (χ2v) is 11.2. The summed E-state index contributed by atoms with van der Waals surface area (Å²) < 4.78 is 5.01. The van der Waals surface area contributed by atoms with E-state index in [1.165, 1.54) is 12.1 Å². The van der Waals surface area contributed by atoms with E-state index in [2.05, 4.69) is 26.4 Å². The van der Waals surface area contributed by atoms with E-state index in [-0.39, 0.29) is 28.9 Å². The Labute approximate surface area is 239 Å². The molecule has 1 saturated carbocycles. The van der Waals surface area contributed by atoms with Crippen LogP contribution in [0.3, 0.4) is 0 Å². The van der Waals surface area contributed by atoms with Crippen molar-refractivity contribution in [3.63, 3.8) is 0 Å². The Balaban J connectivity index is 1.85. The first-order valence-corrected chi connectivity index (χ1v) is 14.3. The van der Waals surface area contributed by atoms with Crippen LogP contribution in [0.5, 0.6) is 0 Å². The molecule has 11 heteroatoms. The van der Waals surface area contributed by atoms with Gasteiger partial charge in [-0.2, -0.15) is 0 Å². The molecule has 4 N–H and O–H groups in total. The van der Waals surface area contributed by atoms with Gasteiger partial charge in [-0.25, -0.2) is 19.2 Å². The first kappa shape index (κ1) is 31.4. The molecule has 0 unspecified atom stereocenters. The first-order chi connectivity index (χ1) is 19.8. The Morgan fingerprint density at radius 2 is 1.78 bits per heavy atom. The number of nitrogens with zero attached hydrogens (tertiary/aromatic N) is 1. The predicted molar refractivity (Wildman–Crippen MR) is 151 cm³/mol. The van der Waals surface area contributed by atoms with Gasteiger partial charge in [0, 0.05) is 24.6 Å². The van der Waals surface area contributed by atoms with Crippen LogP contribution in [-0.2, 0) is 19.2 Å². The van der Waals surface area contributed by atoms with Crippen LogP contribution >= 0.6 is 0 Å². The second-order valence-electron chi connectivity index (χ2n) is 11.2. The summed E-state index contributed by atoms with van der Waals surface area (Å²) in [4.78, 5) is 60.2. The van der Waals surface area contributed by atoms with E-state index >= 15 is 0 Å². The molecule has 41 heavy (non-hydrogen) atoms. The second kappa shape index (κ2) is 15.6. The minimum Gasteiger partial charge on any atom is -0.379 e. The van der Waals surface area contributed by atoms with Gasteiger partial charge in [-0.3, -0.25) is 4.79 Å². The normalized spacial score (nSPS) is 18.9. The van der Waals surface area contributed by atoms with E-state index in [4.69, 9.17) is 4.52 Å². The smallest absolute Gasteiger partial charge is 0.274 e. The summed E-state index contributed by atoms with van der Waals surface area (Å²) in [5, 5.41) is 15.9. The van der Waals surface area contributed by atoms with E-state index in [1.807, 2.05) is 31.7 Å². The van der Waals surface area contributed by atoms with Gasteiger partial charge in [0.1, 0.15) is 40.9 Å². The number of aryl methyl sites for hydroxylation is 1. The van der Waals surface area contributed by atoms with Gasteiger partial charge >= 0.3 is 0 Å². The van der Waals surface area contributed by atoms with E-state index in [1.54, 1.807) is 12.9 Å². The van der Waals surface area contributed by atoms with Crippen LogP contribution in [0.2, 0.25) is 0 Å². The molecule has 1 amide bonds. The zero-order valence-corrected chi connectivity index (χ0v) is 23.9. The van der Waals surface area contributed by atoms with Crippen LogP contribution in [0, 0.1) is 24.7 Å². The summed E-state index contributed by atoms with van der Waals surface area (Å²) in [5.74, 6) is 7.54. The third kappa shape index (κ3) is 8.94. The molecule has 1 aromatic heterocycles. The van der Waals surface area contributed by atoms with Crippen molar-refractivity contribution in [3.05, 3.63) is 40.7 Å². The summed E-state index contributed by atoms with van der Waals surface area (Å²) in [6, 6.07) is -0.522. The molecule has 3 rings (SSSR count). The van der Waals surface area contributed by atoms with E-state index < -0.39 is 24.0 Å². The molecular formula is C30H39N5O6. The van der Waals surface area contributed by atoms with Crippen molar-refractivity contribution in [2.24, 2.45) is 17.8 Å². The molecule has 0 radical (unpaired) electrons. The fraction of sp³-hybridized carbons (Fsp3) is 0.600. The minimum atomic E-state index is -0.755. The highest BCUT2D eigenvalue weighted by Gasteiger charge is 2.31. The lowest BCUT2D eigenvalue weighted by Crippen LogP contribution is -2.49. The summed E-state index contributed by atoms with van der Waals surface area (Å²) in [6.45, 7) is 5.99. The number of hydrogen-bond donors (Lipinski definition) is 4. The lowest BCUT2D eigenvalue weighted by atomic mass is 9.84. The quantitative estimate of drug-likeness (QED) is 0.246. The van der Waals surface area contributed by atoms with Gasteiger partial charge in [0.2, 0.25) is 0 Å². The maximum atomic E-state index is 12.9. The fourth-order valence-corrected chi connectivity index (χ4v) is 5.62. The molecule has 220 valence electrons. The molecule has 1 aliphatic carbocycles. The zero-order chi connectivity index (χ0) is 29.8. The van der Waals surface area contributed by atoms with Gasteiger partial charge in [-0.05, 0) is 38.0 Å². The Morgan fingerprint density at radius 1 is 1.05 bits per heavy atom. The molecule has 2 fully saturated rings. The monoisotopic (exact) mass is 565 g/mol. The Morgan fingerprint density at radius 3 is 2.37 bits per heavy atom. The standard InChI is InChI=1S/C30H39N5O6/c1-19(2)29(34-30(40)25-13-20(3)41-35-25)28(18-39)33-24(14-21-7-5-4-6-8-21)27(17-38)32-23(10-12-36)15-22-9-11-31-26(22)16-37/h10,13,19,21-24,29,31-33H,4-9,11,14-15H2,1-3H3,(H,34,40)/t22-,23+,24-,29-/m0/s1.